The number of amides is 1. The molecule has 142 valence electrons. The number of carbonyl (C=O) groups is 1. The van der Waals surface area contributed by atoms with Gasteiger partial charge in [-0.15, -0.1) is 0 Å². The minimum atomic E-state index is -0.210. The highest BCUT2D eigenvalue weighted by Gasteiger charge is 2.29. The van der Waals surface area contributed by atoms with Crippen LogP contribution in [0.2, 0.25) is 0 Å². The molecule has 2 N–H and O–H groups in total. The molecule has 1 aliphatic heterocycles. The second-order valence-electron chi connectivity index (χ2n) is 6.88. The lowest BCUT2D eigenvalue weighted by atomic mass is 9.99. The maximum Gasteiger partial charge on any atom is 0.272 e. The van der Waals surface area contributed by atoms with E-state index in [2.05, 4.69) is 20.5 Å². The Bertz CT molecular complexity index is 1010. The molecule has 3 heterocycles. The Morgan fingerprint density at radius 3 is 3.04 bits per heavy atom. The maximum absolute atomic E-state index is 12.7. The number of hydrogen-bond donors (Lipinski definition) is 2. The molecule has 1 aliphatic rings. The number of aromatic nitrogens is 4. The molecule has 0 unspecified atom stereocenters. The quantitative estimate of drug-likeness (QED) is 0.736. The van der Waals surface area contributed by atoms with Crippen molar-refractivity contribution in [1.29, 1.82) is 0 Å². The van der Waals surface area contributed by atoms with E-state index in [0.717, 1.165) is 33.9 Å². The number of carbonyl (C=O) groups excluding carboxylic acids is 1. The average molecular weight is 369 g/mol. The summed E-state index contributed by atoms with van der Waals surface area (Å²) in [6.07, 6.45) is 0.643. The van der Waals surface area contributed by atoms with E-state index >= 15 is 0 Å². The van der Waals surface area contributed by atoms with E-state index in [-0.39, 0.29) is 18.1 Å². The molecule has 1 aromatic carbocycles. The standard InChI is InChI=1S/C19H23N5O3/c1-10-7-13-17(11(2)27-10)22-23-18(13)19(25)20-9-16-21-14-8-12(26-4)5-6-15(14)24(16)3/h5-6,8,10-11H,7,9H2,1-4H3,(H,20,25)(H,22,23)/t10-,11+/m0/s1. The molecule has 4 rings (SSSR count). The van der Waals surface area contributed by atoms with Crippen LogP contribution in [-0.4, -0.2) is 38.9 Å². The Morgan fingerprint density at radius 1 is 1.44 bits per heavy atom. The van der Waals surface area contributed by atoms with Crippen LogP contribution in [0.15, 0.2) is 18.2 Å². The third kappa shape index (κ3) is 3.06. The van der Waals surface area contributed by atoms with Gasteiger partial charge in [0.2, 0.25) is 0 Å². The van der Waals surface area contributed by atoms with Crippen LogP contribution >= 0.6 is 0 Å². The van der Waals surface area contributed by atoms with Gasteiger partial charge >= 0.3 is 0 Å². The fraction of sp³-hybridized carbons (Fsp3) is 0.421. The zero-order valence-electron chi connectivity index (χ0n) is 15.9. The largest absolute Gasteiger partial charge is 0.497 e. The van der Waals surface area contributed by atoms with E-state index < -0.39 is 0 Å². The van der Waals surface area contributed by atoms with Crippen molar-refractivity contribution in [3.63, 3.8) is 0 Å². The van der Waals surface area contributed by atoms with Crippen LogP contribution in [0.4, 0.5) is 0 Å². The van der Waals surface area contributed by atoms with Crippen LogP contribution in [0.25, 0.3) is 11.0 Å². The first-order valence-corrected chi connectivity index (χ1v) is 8.98. The summed E-state index contributed by atoms with van der Waals surface area (Å²) in [4.78, 5) is 17.3. The second-order valence-corrected chi connectivity index (χ2v) is 6.88. The molecule has 2 atom stereocenters. The van der Waals surface area contributed by atoms with Crippen LogP contribution in [0.1, 0.15) is 47.5 Å². The minimum absolute atomic E-state index is 0.0615. The number of imidazole rings is 1. The minimum Gasteiger partial charge on any atom is -0.497 e. The number of benzene rings is 1. The molecule has 0 aliphatic carbocycles. The topological polar surface area (TPSA) is 94.1 Å². The van der Waals surface area contributed by atoms with Crippen molar-refractivity contribution in [2.24, 2.45) is 7.05 Å². The van der Waals surface area contributed by atoms with Gasteiger partial charge in [-0.05, 0) is 26.0 Å². The summed E-state index contributed by atoms with van der Waals surface area (Å²) in [6, 6.07) is 5.74. The molecular formula is C19H23N5O3. The van der Waals surface area contributed by atoms with Gasteiger partial charge in [0.05, 0.1) is 42.6 Å². The summed E-state index contributed by atoms with van der Waals surface area (Å²) >= 11 is 0. The predicted octanol–water partition coefficient (Wildman–Crippen LogP) is 2.26. The number of aryl methyl sites for hydroxylation is 1. The second kappa shape index (κ2) is 6.70. The van der Waals surface area contributed by atoms with E-state index in [0.29, 0.717) is 18.7 Å². The number of aromatic amines is 1. The third-order valence-electron chi connectivity index (χ3n) is 5.04. The highest BCUT2D eigenvalue weighted by molar-refractivity contribution is 5.94. The van der Waals surface area contributed by atoms with Crippen LogP contribution in [-0.2, 0) is 24.8 Å². The van der Waals surface area contributed by atoms with Gasteiger partial charge in [-0.25, -0.2) is 4.98 Å². The number of hydrogen-bond acceptors (Lipinski definition) is 5. The fourth-order valence-electron chi connectivity index (χ4n) is 3.62. The Kier molecular flexibility index (Phi) is 4.35. The molecule has 0 saturated carbocycles. The number of nitrogens with zero attached hydrogens (tertiary/aromatic N) is 3. The normalized spacial score (nSPS) is 19.1. The van der Waals surface area contributed by atoms with Gasteiger partial charge in [0.25, 0.3) is 5.91 Å². The summed E-state index contributed by atoms with van der Waals surface area (Å²) in [7, 11) is 3.56. The number of ether oxygens (including phenoxy) is 2. The number of methoxy groups -OCH3 is 1. The van der Waals surface area contributed by atoms with Gasteiger partial charge in [-0.2, -0.15) is 5.10 Å². The van der Waals surface area contributed by atoms with Gasteiger partial charge in [-0.3, -0.25) is 9.89 Å². The van der Waals surface area contributed by atoms with Crippen molar-refractivity contribution in [1.82, 2.24) is 25.1 Å². The summed E-state index contributed by atoms with van der Waals surface area (Å²) in [5, 5.41) is 10.1. The molecule has 27 heavy (non-hydrogen) atoms. The molecule has 0 bridgehead atoms. The molecular weight excluding hydrogens is 346 g/mol. The predicted molar refractivity (Wildman–Crippen MR) is 99.7 cm³/mol. The van der Waals surface area contributed by atoms with Crippen molar-refractivity contribution in [2.45, 2.75) is 39.0 Å². The van der Waals surface area contributed by atoms with Gasteiger partial charge in [0.15, 0.2) is 5.69 Å². The lowest BCUT2D eigenvalue weighted by molar-refractivity contribution is -0.00697. The van der Waals surface area contributed by atoms with E-state index in [1.54, 1.807) is 7.11 Å². The molecule has 0 radical (unpaired) electrons. The van der Waals surface area contributed by atoms with Crippen LogP contribution in [0.3, 0.4) is 0 Å². The summed E-state index contributed by atoms with van der Waals surface area (Å²) in [5.41, 5.74) is 4.07. The van der Waals surface area contributed by atoms with Crippen LogP contribution < -0.4 is 10.1 Å². The molecule has 0 spiro atoms. The van der Waals surface area contributed by atoms with Crippen molar-refractivity contribution < 1.29 is 14.3 Å². The van der Waals surface area contributed by atoms with Crippen molar-refractivity contribution in [3.05, 3.63) is 41.0 Å². The van der Waals surface area contributed by atoms with Crippen molar-refractivity contribution >= 4 is 16.9 Å². The van der Waals surface area contributed by atoms with Gasteiger partial charge in [0.1, 0.15) is 11.6 Å². The SMILES string of the molecule is COc1ccc2c(c1)nc(CNC(=O)c1n[nH]c3c1C[C@H](C)O[C@@H]3C)n2C. The molecule has 3 aromatic rings. The Balaban J connectivity index is 1.54. The van der Waals surface area contributed by atoms with E-state index in [1.807, 2.05) is 43.7 Å². The Labute approximate surface area is 156 Å². The molecule has 0 saturated heterocycles. The van der Waals surface area contributed by atoms with Gasteiger partial charge in [-0.1, -0.05) is 0 Å². The summed E-state index contributed by atoms with van der Waals surface area (Å²) in [6.45, 7) is 4.28. The molecule has 2 aromatic heterocycles. The highest BCUT2D eigenvalue weighted by atomic mass is 16.5. The van der Waals surface area contributed by atoms with E-state index in [1.165, 1.54) is 0 Å². The molecule has 8 heteroatoms. The van der Waals surface area contributed by atoms with Crippen molar-refractivity contribution in [2.75, 3.05) is 7.11 Å². The monoisotopic (exact) mass is 369 g/mol. The first kappa shape index (κ1) is 17.5. The van der Waals surface area contributed by atoms with E-state index in [4.69, 9.17) is 9.47 Å². The van der Waals surface area contributed by atoms with Crippen LogP contribution in [0, 0.1) is 0 Å². The average Bonchev–Trinajstić information content (AvgIpc) is 3.21. The molecule has 8 nitrogen and oxygen atoms in total. The number of rotatable bonds is 4. The fourth-order valence-corrected chi connectivity index (χ4v) is 3.62. The third-order valence-corrected chi connectivity index (χ3v) is 5.04. The first-order chi connectivity index (χ1) is 13.0. The molecule has 1 amide bonds. The van der Waals surface area contributed by atoms with E-state index in [9.17, 15) is 4.79 Å². The number of nitrogens with one attached hydrogen (secondary N) is 2. The Hall–Kier alpha value is -2.87. The lowest BCUT2D eigenvalue weighted by Gasteiger charge is -2.25. The number of fused-ring (bicyclic) bond motifs is 2. The smallest absolute Gasteiger partial charge is 0.272 e. The van der Waals surface area contributed by atoms with Gasteiger partial charge < -0.3 is 19.4 Å². The van der Waals surface area contributed by atoms with Crippen molar-refractivity contribution in [3.8, 4) is 5.75 Å². The first-order valence-electron chi connectivity index (χ1n) is 8.98. The van der Waals surface area contributed by atoms with Crippen LogP contribution in [0.5, 0.6) is 5.75 Å². The molecule has 0 fully saturated rings. The summed E-state index contributed by atoms with van der Waals surface area (Å²) < 4.78 is 13.0. The zero-order chi connectivity index (χ0) is 19.1. The van der Waals surface area contributed by atoms with Gasteiger partial charge in [0, 0.05) is 25.1 Å². The zero-order valence-corrected chi connectivity index (χ0v) is 15.9. The summed E-state index contributed by atoms with van der Waals surface area (Å²) in [5.74, 6) is 1.31. The Morgan fingerprint density at radius 2 is 2.26 bits per heavy atom. The lowest BCUT2D eigenvalue weighted by Crippen LogP contribution is -2.28. The number of H-pyrrole nitrogens is 1. The highest BCUT2D eigenvalue weighted by Crippen LogP contribution is 2.30. The maximum atomic E-state index is 12.7.